The first-order valence-electron chi connectivity index (χ1n) is 7.80. The van der Waals surface area contributed by atoms with Crippen molar-refractivity contribution in [3.05, 3.63) is 57.3 Å². The summed E-state index contributed by atoms with van der Waals surface area (Å²) in [6.45, 7) is 1.20. The SMILES string of the molecule is Cn1c(=O)c2c(ncn2CCC[n+]2cccc(C(N)=O)c2)n(C)c1=O.[Cl-]. The lowest BCUT2D eigenvalue weighted by atomic mass is 10.2. The number of nitrogens with two attached hydrogens (primary N) is 1. The number of nitrogens with zero attached hydrogens (tertiary/aromatic N) is 5. The third-order valence-corrected chi connectivity index (χ3v) is 4.18. The molecule has 26 heavy (non-hydrogen) atoms. The molecule has 3 heterocycles. The molecule has 0 aliphatic rings. The first-order valence-corrected chi connectivity index (χ1v) is 7.80. The molecule has 0 saturated heterocycles. The highest BCUT2D eigenvalue weighted by Crippen LogP contribution is 2.06. The first-order chi connectivity index (χ1) is 11.9. The monoisotopic (exact) mass is 378 g/mol. The number of hydrogen-bond acceptors (Lipinski definition) is 4. The largest absolute Gasteiger partial charge is 1.00 e. The summed E-state index contributed by atoms with van der Waals surface area (Å²) in [7, 11) is 3.04. The molecule has 1 amide bonds. The van der Waals surface area contributed by atoms with E-state index in [2.05, 4.69) is 4.98 Å². The molecule has 0 aliphatic heterocycles. The van der Waals surface area contributed by atoms with E-state index >= 15 is 0 Å². The number of carbonyl (C=O) groups is 1. The minimum Gasteiger partial charge on any atom is -1.00 e. The molecule has 138 valence electrons. The average Bonchev–Trinajstić information content (AvgIpc) is 3.02. The Labute approximate surface area is 154 Å². The topological polar surface area (TPSA) is 109 Å². The Kier molecular flexibility index (Phi) is 5.61. The zero-order chi connectivity index (χ0) is 18.1. The Morgan fingerprint density at radius 2 is 2.00 bits per heavy atom. The number of imidazole rings is 1. The average molecular weight is 379 g/mol. The molecule has 0 aliphatic carbocycles. The molecule has 0 saturated carbocycles. The highest BCUT2D eigenvalue weighted by atomic mass is 35.5. The number of rotatable bonds is 5. The van der Waals surface area contributed by atoms with Crippen molar-refractivity contribution in [1.29, 1.82) is 0 Å². The standard InChI is InChI=1S/C16H18N6O3.ClH/c1-19-14-12(15(24)20(2)16(19)25)22(10-18-14)8-4-7-21-6-3-5-11(9-21)13(17)23;/h3,5-6,9-10H,4,7-8H2,1-2H3,(H-,17,23);1H. The van der Waals surface area contributed by atoms with E-state index < -0.39 is 11.6 Å². The fourth-order valence-corrected chi connectivity index (χ4v) is 2.80. The summed E-state index contributed by atoms with van der Waals surface area (Å²) >= 11 is 0. The minimum atomic E-state index is -0.473. The number of fused-ring (bicyclic) bond motifs is 1. The number of pyridine rings is 1. The second kappa shape index (κ2) is 7.52. The molecule has 2 N–H and O–H groups in total. The van der Waals surface area contributed by atoms with Crippen molar-refractivity contribution in [2.24, 2.45) is 19.8 Å². The molecule has 3 aromatic rings. The van der Waals surface area contributed by atoms with E-state index in [-0.39, 0.29) is 18.0 Å². The Morgan fingerprint density at radius 1 is 1.27 bits per heavy atom. The van der Waals surface area contributed by atoms with Crippen LogP contribution in [0.5, 0.6) is 0 Å². The molecule has 0 bridgehead atoms. The third kappa shape index (κ3) is 3.38. The first kappa shape index (κ1) is 19.4. The van der Waals surface area contributed by atoms with Crippen molar-refractivity contribution in [2.45, 2.75) is 19.5 Å². The molecule has 0 fully saturated rings. The van der Waals surface area contributed by atoms with Crippen LogP contribution in [0.2, 0.25) is 0 Å². The normalized spacial score (nSPS) is 10.7. The zero-order valence-electron chi connectivity index (χ0n) is 14.4. The Hall–Kier alpha value is -2.94. The van der Waals surface area contributed by atoms with Gasteiger partial charge in [0.05, 0.1) is 6.33 Å². The van der Waals surface area contributed by atoms with Crippen molar-refractivity contribution < 1.29 is 21.8 Å². The fourth-order valence-electron chi connectivity index (χ4n) is 2.80. The van der Waals surface area contributed by atoms with Gasteiger partial charge in [-0.3, -0.25) is 18.7 Å². The van der Waals surface area contributed by atoms with Crippen molar-refractivity contribution in [1.82, 2.24) is 18.7 Å². The third-order valence-electron chi connectivity index (χ3n) is 4.18. The van der Waals surface area contributed by atoms with Crippen molar-refractivity contribution in [3.8, 4) is 0 Å². The van der Waals surface area contributed by atoms with Crippen LogP contribution in [-0.2, 0) is 27.2 Å². The summed E-state index contributed by atoms with van der Waals surface area (Å²) in [5.41, 5.74) is 5.73. The predicted octanol–water partition coefficient (Wildman–Crippen LogP) is -4.09. The molecule has 0 radical (unpaired) electrons. The van der Waals surface area contributed by atoms with E-state index in [1.807, 2.05) is 10.8 Å². The quantitative estimate of drug-likeness (QED) is 0.455. The van der Waals surface area contributed by atoms with Crippen molar-refractivity contribution in [3.63, 3.8) is 0 Å². The maximum Gasteiger partial charge on any atom is 0.332 e. The van der Waals surface area contributed by atoms with Gasteiger partial charge in [-0.1, -0.05) is 0 Å². The maximum absolute atomic E-state index is 12.4. The number of primary amides is 1. The number of aromatic nitrogens is 5. The van der Waals surface area contributed by atoms with Gasteiger partial charge in [-0.2, -0.15) is 0 Å². The number of aryl methyl sites for hydroxylation is 3. The van der Waals surface area contributed by atoms with E-state index in [1.54, 1.807) is 36.3 Å². The van der Waals surface area contributed by atoms with Gasteiger partial charge in [-0.15, -0.1) is 0 Å². The summed E-state index contributed by atoms with van der Waals surface area (Å²) < 4.78 is 6.05. The van der Waals surface area contributed by atoms with Gasteiger partial charge in [0.25, 0.3) is 11.5 Å². The van der Waals surface area contributed by atoms with Gasteiger partial charge in [0.2, 0.25) is 0 Å². The van der Waals surface area contributed by atoms with Gasteiger partial charge in [0, 0.05) is 33.1 Å². The van der Waals surface area contributed by atoms with Crippen LogP contribution >= 0.6 is 0 Å². The molecular weight excluding hydrogens is 360 g/mol. The van der Waals surface area contributed by atoms with Gasteiger partial charge < -0.3 is 22.7 Å². The van der Waals surface area contributed by atoms with E-state index in [1.165, 1.54) is 11.6 Å². The predicted molar refractivity (Wildman–Crippen MR) is 90.0 cm³/mol. The van der Waals surface area contributed by atoms with E-state index in [4.69, 9.17) is 5.73 Å². The van der Waals surface area contributed by atoms with Gasteiger partial charge in [-0.05, 0) is 6.07 Å². The van der Waals surface area contributed by atoms with Crippen LogP contribution in [0.25, 0.3) is 11.2 Å². The summed E-state index contributed by atoms with van der Waals surface area (Å²) in [5.74, 6) is -0.473. The second-order valence-corrected chi connectivity index (χ2v) is 5.86. The highest BCUT2D eigenvalue weighted by Gasteiger charge is 2.14. The number of carbonyl (C=O) groups excluding carboxylic acids is 1. The minimum absolute atomic E-state index is 0. The van der Waals surface area contributed by atoms with Gasteiger partial charge in [-0.25, -0.2) is 14.3 Å². The van der Waals surface area contributed by atoms with Crippen LogP contribution in [0.15, 0.2) is 40.4 Å². The number of amides is 1. The number of halogens is 1. The van der Waals surface area contributed by atoms with Crippen LogP contribution in [-0.4, -0.2) is 24.6 Å². The van der Waals surface area contributed by atoms with E-state index in [9.17, 15) is 14.4 Å². The molecule has 10 heteroatoms. The lowest BCUT2D eigenvalue weighted by Crippen LogP contribution is -3.00. The van der Waals surface area contributed by atoms with Crippen LogP contribution < -0.4 is 34.0 Å². The van der Waals surface area contributed by atoms with Gasteiger partial charge >= 0.3 is 5.69 Å². The molecule has 0 unspecified atom stereocenters. The lowest BCUT2D eigenvalue weighted by molar-refractivity contribution is -0.697. The second-order valence-electron chi connectivity index (χ2n) is 5.86. The van der Waals surface area contributed by atoms with Crippen LogP contribution in [0.1, 0.15) is 16.8 Å². The van der Waals surface area contributed by atoms with Gasteiger partial charge in [0.15, 0.2) is 23.6 Å². The van der Waals surface area contributed by atoms with E-state index in [0.29, 0.717) is 36.2 Å². The lowest BCUT2D eigenvalue weighted by Gasteiger charge is -2.06. The van der Waals surface area contributed by atoms with Gasteiger partial charge in [0.1, 0.15) is 12.1 Å². The molecule has 3 aromatic heterocycles. The Bertz CT molecular complexity index is 1080. The Morgan fingerprint density at radius 3 is 2.69 bits per heavy atom. The van der Waals surface area contributed by atoms with Crippen LogP contribution in [0, 0.1) is 0 Å². The molecule has 0 spiro atoms. The summed E-state index contributed by atoms with van der Waals surface area (Å²) in [6, 6.07) is 3.42. The summed E-state index contributed by atoms with van der Waals surface area (Å²) in [4.78, 5) is 39.7. The van der Waals surface area contributed by atoms with Crippen LogP contribution in [0.4, 0.5) is 0 Å². The summed E-state index contributed by atoms with van der Waals surface area (Å²) in [6.07, 6.45) is 5.82. The molecule has 3 rings (SSSR count). The van der Waals surface area contributed by atoms with Crippen molar-refractivity contribution >= 4 is 17.1 Å². The Balaban J connectivity index is 0.00000243. The zero-order valence-corrected chi connectivity index (χ0v) is 15.2. The van der Waals surface area contributed by atoms with Crippen molar-refractivity contribution in [2.75, 3.05) is 0 Å². The smallest absolute Gasteiger partial charge is 0.332 e. The molecule has 0 atom stereocenters. The number of hydrogen-bond donors (Lipinski definition) is 1. The maximum atomic E-state index is 12.4. The molecular formula is C16H19ClN6O3. The fraction of sp³-hybridized carbons (Fsp3) is 0.312. The highest BCUT2D eigenvalue weighted by molar-refractivity contribution is 5.92. The van der Waals surface area contributed by atoms with Crippen LogP contribution in [0.3, 0.4) is 0 Å². The molecule has 9 nitrogen and oxygen atoms in total. The van der Waals surface area contributed by atoms with E-state index in [0.717, 1.165) is 4.57 Å². The molecule has 0 aromatic carbocycles. The summed E-state index contributed by atoms with van der Waals surface area (Å²) in [5, 5.41) is 0.